The third-order valence-corrected chi connectivity index (χ3v) is 4.22. The molecule has 114 valence electrons. The van der Waals surface area contributed by atoms with Gasteiger partial charge in [0.15, 0.2) is 5.82 Å². The van der Waals surface area contributed by atoms with Crippen LogP contribution in [0.3, 0.4) is 0 Å². The molecule has 4 rings (SSSR count). The van der Waals surface area contributed by atoms with Crippen molar-refractivity contribution in [1.82, 2.24) is 14.7 Å². The van der Waals surface area contributed by atoms with E-state index in [1.807, 2.05) is 30.3 Å². The highest BCUT2D eigenvalue weighted by atomic mass is 79.9. The van der Waals surface area contributed by atoms with Gasteiger partial charge in [0.1, 0.15) is 0 Å². The summed E-state index contributed by atoms with van der Waals surface area (Å²) in [5, 5.41) is 4.81. The summed E-state index contributed by atoms with van der Waals surface area (Å²) in [6, 6.07) is 16.2. The van der Waals surface area contributed by atoms with E-state index in [1.54, 1.807) is 0 Å². The van der Waals surface area contributed by atoms with Gasteiger partial charge in [-0.05, 0) is 42.0 Å². The minimum absolute atomic E-state index is 0.441. The fourth-order valence-electron chi connectivity index (χ4n) is 2.67. The molecule has 4 aromatic rings. The number of nitrogens with zero attached hydrogens (tertiary/aromatic N) is 2. The van der Waals surface area contributed by atoms with Crippen molar-refractivity contribution in [3.8, 4) is 11.4 Å². The SMILES string of the molecule is O=c1[nH]c(-c2ccc3c(ccn3Cc3cccc(Br)c3)c2)no1. The quantitative estimate of drug-likeness (QED) is 0.597. The van der Waals surface area contributed by atoms with E-state index >= 15 is 0 Å². The van der Waals surface area contributed by atoms with Crippen LogP contribution in [0.4, 0.5) is 0 Å². The van der Waals surface area contributed by atoms with Gasteiger partial charge in [0.05, 0.1) is 0 Å². The van der Waals surface area contributed by atoms with Crippen LogP contribution in [0.15, 0.2) is 68.5 Å². The number of halogens is 1. The van der Waals surface area contributed by atoms with Crippen molar-refractivity contribution in [1.29, 1.82) is 0 Å². The summed E-state index contributed by atoms with van der Waals surface area (Å²) >= 11 is 3.50. The summed E-state index contributed by atoms with van der Waals surface area (Å²) in [5.74, 6) is -0.107. The molecular formula is C17H12BrN3O2. The summed E-state index contributed by atoms with van der Waals surface area (Å²) in [7, 11) is 0. The lowest BCUT2D eigenvalue weighted by molar-refractivity contribution is 0.388. The van der Waals surface area contributed by atoms with Crippen LogP contribution in [0.5, 0.6) is 0 Å². The molecule has 0 amide bonds. The van der Waals surface area contributed by atoms with Crippen LogP contribution >= 0.6 is 15.9 Å². The topological polar surface area (TPSA) is 63.8 Å². The third-order valence-electron chi connectivity index (χ3n) is 3.73. The molecule has 0 aliphatic rings. The highest BCUT2D eigenvalue weighted by molar-refractivity contribution is 9.10. The van der Waals surface area contributed by atoms with Crippen molar-refractivity contribution >= 4 is 26.8 Å². The van der Waals surface area contributed by atoms with Crippen molar-refractivity contribution in [2.75, 3.05) is 0 Å². The number of nitrogens with one attached hydrogen (secondary N) is 1. The normalized spacial score (nSPS) is 11.2. The molecule has 6 heteroatoms. The van der Waals surface area contributed by atoms with Gasteiger partial charge in [0, 0.05) is 33.7 Å². The summed E-state index contributed by atoms with van der Waals surface area (Å²) < 4.78 is 7.82. The smallest absolute Gasteiger partial charge is 0.343 e. The molecule has 0 fully saturated rings. The van der Waals surface area contributed by atoms with Crippen molar-refractivity contribution in [2.45, 2.75) is 6.54 Å². The Morgan fingerprint density at radius 2 is 2.09 bits per heavy atom. The highest BCUT2D eigenvalue weighted by Gasteiger charge is 2.08. The van der Waals surface area contributed by atoms with Crippen LogP contribution in [-0.2, 0) is 6.54 Å². The van der Waals surface area contributed by atoms with Crippen molar-refractivity contribution < 1.29 is 4.52 Å². The van der Waals surface area contributed by atoms with E-state index in [0.717, 1.165) is 27.5 Å². The Balaban J connectivity index is 1.71. The predicted octanol–water partition coefficient (Wildman–Crippen LogP) is 3.80. The summed E-state index contributed by atoms with van der Waals surface area (Å²) in [6.45, 7) is 0.795. The first-order chi connectivity index (χ1) is 11.2. The van der Waals surface area contributed by atoms with E-state index in [0.29, 0.717) is 5.82 Å². The van der Waals surface area contributed by atoms with E-state index in [4.69, 9.17) is 0 Å². The standard InChI is InChI=1S/C17H12BrN3O2/c18-14-3-1-2-11(8-14)10-21-7-6-12-9-13(4-5-15(12)21)16-19-17(22)23-20-16/h1-9H,10H2,(H,19,20,22). The first-order valence-corrected chi connectivity index (χ1v) is 7.88. The zero-order valence-electron chi connectivity index (χ0n) is 12.0. The summed E-state index contributed by atoms with van der Waals surface area (Å²) in [5.41, 5.74) is 3.17. The molecule has 0 aliphatic heterocycles. The molecule has 0 unspecified atom stereocenters. The molecule has 0 aliphatic carbocycles. The molecule has 0 spiro atoms. The van der Waals surface area contributed by atoms with E-state index in [2.05, 4.69) is 59.6 Å². The zero-order chi connectivity index (χ0) is 15.8. The first-order valence-electron chi connectivity index (χ1n) is 7.09. The second kappa shape index (κ2) is 5.55. The molecule has 2 aromatic carbocycles. The van der Waals surface area contributed by atoms with Crippen LogP contribution in [0.2, 0.25) is 0 Å². The van der Waals surface area contributed by atoms with Gasteiger partial charge in [-0.15, -0.1) is 0 Å². The minimum Gasteiger partial charge on any atom is -0.343 e. The van der Waals surface area contributed by atoms with Crippen LogP contribution in [0.25, 0.3) is 22.3 Å². The molecule has 0 saturated heterocycles. The molecule has 0 bridgehead atoms. The van der Waals surface area contributed by atoms with E-state index in [1.165, 1.54) is 5.56 Å². The fraction of sp³-hybridized carbons (Fsp3) is 0.0588. The predicted molar refractivity (Wildman–Crippen MR) is 91.3 cm³/mol. The van der Waals surface area contributed by atoms with Crippen molar-refractivity contribution in [3.63, 3.8) is 0 Å². The number of hydrogen-bond donors (Lipinski definition) is 1. The number of fused-ring (bicyclic) bond motifs is 1. The zero-order valence-corrected chi connectivity index (χ0v) is 13.6. The van der Waals surface area contributed by atoms with Crippen LogP contribution in [0.1, 0.15) is 5.56 Å². The Bertz CT molecular complexity index is 1050. The maximum Gasteiger partial charge on any atom is 0.439 e. The van der Waals surface area contributed by atoms with E-state index in [-0.39, 0.29) is 0 Å². The molecule has 0 atom stereocenters. The average Bonchev–Trinajstić information content (AvgIpc) is 3.14. The Labute approximate surface area is 139 Å². The number of H-pyrrole nitrogens is 1. The number of hydrogen-bond acceptors (Lipinski definition) is 3. The average molecular weight is 370 g/mol. The van der Waals surface area contributed by atoms with E-state index < -0.39 is 5.76 Å². The summed E-state index contributed by atoms with van der Waals surface area (Å²) in [6.07, 6.45) is 2.06. The van der Waals surface area contributed by atoms with Gasteiger partial charge >= 0.3 is 5.76 Å². The Morgan fingerprint density at radius 1 is 1.17 bits per heavy atom. The van der Waals surface area contributed by atoms with Gasteiger partial charge < -0.3 is 4.57 Å². The minimum atomic E-state index is -0.549. The number of aromatic nitrogens is 3. The number of benzene rings is 2. The summed E-state index contributed by atoms with van der Waals surface area (Å²) in [4.78, 5) is 13.6. The second-order valence-corrected chi connectivity index (χ2v) is 6.21. The van der Waals surface area contributed by atoms with Crippen LogP contribution in [0, 0.1) is 0 Å². The van der Waals surface area contributed by atoms with Gasteiger partial charge in [0.2, 0.25) is 0 Å². The molecular weight excluding hydrogens is 358 g/mol. The van der Waals surface area contributed by atoms with Gasteiger partial charge in [-0.3, -0.25) is 9.51 Å². The molecule has 0 radical (unpaired) electrons. The second-order valence-electron chi connectivity index (χ2n) is 5.29. The lowest BCUT2D eigenvalue weighted by atomic mass is 10.1. The largest absolute Gasteiger partial charge is 0.439 e. The van der Waals surface area contributed by atoms with Gasteiger partial charge in [-0.1, -0.05) is 33.2 Å². The monoisotopic (exact) mass is 369 g/mol. The van der Waals surface area contributed by atoms with Gasteiger partial charge in [-0.25, -0.2) is 4.79 Å². The van der Waals surface area contributed by atoms with Gasteiger partial charge in [0.25, 0.3) is 0 Å². The Kier molecular flexibility index (Phi) is 3.38. The maximum atomic E-state index is 11.1. The first kappa shape index (κ1) is 14.0. The molecule has 2 aromatic heterocycles. The van der Waals surface area contributed by atoms with Crippen molar-refractivity contribution in [3.05, 3.63) is 75.3 Å². The lowest BCUT2D eigenvalue weighted by Gasteiger charge is -2.06. The lowest BCUT2D eigenvalue weighted by Crippen LogP contribution is -1.97. The Morgan fingerprint density at radius 3 is 2.87 bits per heavy atom. The molecule has 2 heterocycles. The molecule has 5 nitrogen and oxygen atoms in total. The third kappa shape index (κ3) is 2.73. The fourth-order valence-corrected chi connectivity index (χ4v) is 3.12. The van der Waals surface area contributed by atoms with E-state index in [9.17, 15) is 4.79 Å². The molecule has 23 heavy (non-hydrogen) atoms. The maximum absolute atomic E-state index is 11.1. The van der Waals surface area contributed by atoms with Crippen molar-refractivity contribution in [2.24, 2.45) is 0 Å². The molecule has 1 N–H and O–H groups in total. The highest BCUT2D eigenvalue weighted by Crippen LogP contribution is 2.23. The number of aromatic amines is 1. The molecule has 0 saturated carbocycles. The Hall–Kier alpha value is -2.60. The number of rotatable bonds is 3. The van der Waals surface area contributed by atoms with Crippen LogP contribution in [-0.4, -0.2) is 14.7 Å². The van der Waals surface area contributed by atoms with Crippen LogP contribution < -0.4 is 5.76 Å². The van der Waals surface area contributed by atoms with Gasteiger partial charge in [-0.2, -0.15) is 0 Å².